The third-order valence-corrected chi connectivity index (χ3v) is 5.73. The van der Waals surface area contributed by atoms with E-state index in [0.29, 0.717) is 22.6 Å². The number of nitriles is 1. The first kappa shape index (κ1) is 22.9. The summed E-state index contributed by atoms with van der Waals surface area (Å²) in [5, 5.41) is 11.9. The van der Waals surface area contributed by atoms with Gasteiger partial charge < -0.3 is 4.74 Å². The van der Waals surface area contributed by atoms with Gasteiger partial charge in [-0.3, -0.25) is 19.8 Å². The van der Waals surface area contributed by atoms with Gasteiger partial charge in [-0.05, 0) is 54.5 Å². The van der Waals surface area contributed by atoms with Gasteiger partial charge in [0.05, 0.1) is 17.3 Å². The second-order valence-electron chi connectivity index (χ2n) is 7.57. The minimum atomic E-state index is -0.568. The normalized spacial score (nSPS) is 14.6. The quantitative estimate of drug-likeness (QED) is 0.327. The average molecular weight is 468 g/mol. The van der Waals surface area contributed by atoms with Crippen LogP contribution in [0.3, 0.4) is 0 Å². The molecule has 0 spiro atoms. The van der Waals surface area contributed by atoms with Gasteiger partial charge in [-0.25, -0.2) is 0 Å². The Morgan fingerprint density at radius 1 is 1.03 bits per heavy atom. The number of benzene rings is 3. The highest BCUT2D eigenvalue weighted by atomic mass is 32.1. The number of rotatable bonds is 6. The van der Waals surface area contributed by atoms with E-state index in [9.17, 15) is 14.9 Å². The summed E-state index contributed by atoms with van der Waals surface area (Å²) in [6.07, 6.45) is 2.37. The molecule has 2 amide bonds. The van der Waals surface area contributed by atoms with Crippen molar-refractivity contribution in [2.75, 3.05) is 4.90 Å². The molecule has 0 aromatic heterocycles. The molecular weight excluding hydrogens is 446 g/mol. The van der Waals surface area contributed by atoms with Crippen LogP contribution >= 0.6 is 12.2 Å². The molecule has 1 aliphatic rings. The van der Waals surface area contributed by atoms with Gasteiger partial charge in [0, 0.05) is 11.1 Å². The number of amides is 2. The predicted molar refractivity (Wildman–Crippen MR) is 134 cm³/mol. The van der Waals surface area contributed by atoms with Crippen molar-refractivity contribution in [3.63, 3.8) is 0 Å². The number of anilines is 1. The van der Waals surface area contributed by atoms with Crippen LogP contribution in [-0.4, -0.2) is 16.9 Å². The molecule has 1 fully saturated rings. The first-order valence-corrected chi connectivity index (χ1v) is 11.1. The summed E-state index contributed by atoms with van der Waals surface area (Å²) in [6, 6.07) is 23.9. The van der Waals surface area contributed by atoms with Crippen molar-refractivity contribution in [2.24, 2.45) is 0 Å². The highest BCUT2D eigenvalue weighted by Crippen LogP contribution is 2.26. The molecule has 1 N–H and O–H groups in total. The molecule has 0 saturated carbocycles. The van der Waals surface area contributed by atoms with Crippen LogP contribution in [0.25, 0.3) is 6.08 Å². The molecule has 1 aliphatic heterocycles. The fourth-order valence-corrected chi connectivity index (χ4v) is 3.85. The Balaban J connectivity index is 1.63. The number of carbonyl (C=O) groups is 2. The molecule has 1 saturated heterocycles. The fourth-order valence-electron chi connectivity index (χ4n) is 3.57. The zero-order valence-corrected chi connectivity index (χ0v) is 19.3. The van der Waals surface area contributed by atoms with Gasteiger partial charge in [0.1, 0.15) is 17.9 Å². The highest BCUT2D eigenvalue weighted by molar-refractivity contribution is 7.80. The Morgan fingerprint density at radius 2 is 1.74 bits per heavy atom. The molecule has 0 atom stereocenters. The monoisotopic (exact) mass is 467 g/mol. The zero-order valence-electron chi connectivity index (χ0n) is 18.4. The van der Waals surface area contributed by atoms with Crippen LogP contribution in [0, 0.1) is 11.3 Å². The third-order valence-electron chi connectivity index (χ3n) is 5.44. The zero-order chi connectivity index (χ0) is 24.1. The number of hydrogen-bond acceptors (Lipinski definition) is 5. The van der Waals surface area contributed by atoms with Crippen LogP contribution in [0.4, 0.5) is 5.69 Å². The van der Waals surface area contributed by atoms with Gasteiger partial charge in [-0.15, -0.1) is 0 Å². The number of thiocarbonyl (C=S) groups is 1. The smallest absolute Gasteiger partial charge is 0.270 e. The lowest BCUT2D eigenvalue weighted by Crippen LogP contribution is -2.54. The lowest BCUT2D eigenvalue weighted by atomic mass is 10.1. The second kappa shape index (κ2) is 10.1. The topological polar surface area (TPSA) is 82.4 Å². The molecular formula is C27H21N3O3S. The van der Waals surface area contributed by atoms with Gasteiger partial charge in [-0.2, -0.15) is 5.26 Å². The number of hydrogen-bond donors (Lipinski definition) is 1. The summed E-state index contributed by atoms with van der Waals surface area (Å²) in [5.41, 5.74) is 3.48. The summed E-state index contributed by atoms with van der Waals surface area (Å²) in [4.78, 5) is 27.3. The van der Waals surface area contributed by atoms with Crippen molar-refractivity contribution in [3.8, 4) is 11.8 Å². The predicted octanol–water partition coefficient (Wildman–Crippen LogP) is 4.53. The molecule has 0 aliphatic carbocycles. The van der Waals surface area contributed by atoms with E-state index in [1.54, 1.807) is 36.4 Å². The first-order chi connectivity index (χ1) is 16.5. The van der Waals surface area contributed by atoms with E-state index in [4.69, 9.17) is 17.0 Å². The van der Waals surface area contributed by atoms with Crippen molar-refractivity contribution >= 4 is 40.9 Å². The van der Waals surface area contributed by atoms with E-state index in [2.05, 4.69) is 11.4 Å². The minimum Gasteiger partial charge on any atom is -0.488 e. The number of aryl methyl sites for hydroxylation is 1. The Bertz CT molecular complexity index is 1340. The molecule has 0 bridgehead atoms. The molecule has 168 valence electrons. The highest BCUT2D eigenvalue weighted by Gasteiger charge is 2.34. The summed E-state index contributed by atoms with van der Waals surface area (Å²) in [7, 11) is 0. The Morgan fingerprint density at radius 3 is 2.47 bits per heavy atom. The Labute approximate surface area is 203 Å². The van der Waals surface area contributed by atoms with E-state index in [-0.39, 0.29) is 17.3 Å². The van der Waals surface area contributed by atoms with Gasteiger partial charge in [-0.1, -0.05) is 55.5 Å². The fraction of sp³-hybridized carbons (Fsp3) is 0.111. The molecule has 0 unspecified atom stereocenters. The molecule has 6 nitrogen and oxygen atoms in total. The molecule has 34 heavy (non-hydrogen) atoms. The maximum Gasteiger partial charge on any atom is 0.270 e. The van der Waals surface area contributed by atoms with Gasteiger partial charge in [0.25, 0.3) is 11.8 Å². The van der Waals surface area contributed by atoms with Crippen molar-refractivity contribution < 1.29 is 14.3 Å². The number of para-hydroxylation sites is 1. The maximum atomic E-state index is 13.3. The maximum absolute atomic E-state index is 13.3. The van der Waals surface area contributed by atoms with Crippen LogP contribution in [0.5, 0.6) is 5.75 Å². The Kier molecular flexibility index (Phi) is 6.81. The van der Waals surface area contributed by atoms with Crippen molar-refractivity contribution in [3.05, 3.63) is 101 Å². The molecule has 3 aromatic carbocycles. The first-order valence-electron chi connectivity index (χ1n) is 10.7. The molecule has 7 heteroatoms. The van der Waals surface area contributed by atoms with E-state index in [1.807, 2.05) is 43.3 Å². The summed E-state index contributed by atoms with van der Waals surface area (Å²) < 4.78 is 5.96. The average Bonchev–Trinajstić information content (AvgIpc) is 2.86. The molecule has 4 rings (SSSR count). The van der Waals surface area contributed by atoms with E-state index < -0.39 is 11.8 Å². The number of carbonyl (C=O) groups excluding carboxylic acids is 2. The molecule has 0 radical (unpaired) electrons. The van der Waals surface area contributed by atoms with Gasteiger partial charge in [0.2, 0.25) is 0 Å². The van der Waals surface area contributed by atoms with E-state index >= 15 is 0 Å². The van der Waals surface area contributed by atoms with Crippen LogP contribution in [0.15, 0.2) is 78.4 Å². The van der Waals surface area contributed by atoms with Gasteiger partial charge in [0.15, 0.2) is 5.11 Å². The van der Waals surface area contributed by atoms with Crippen molar-refractivity contribution in [1.82, 2.24) is 5.32 Å². The summed E-state index contributed by atoms with van der Waals surface area (Å²) >= 11 is 5.28. The third kappa shape index (κ3) is 4.72. The van der Waals surface area contributed by atoms with Crippen molar-refractivity contribution in [1.29, 1.82) is 5.26 Å². The van der Waals surface area contributed by atoms with E-state index in [1.165, 1.54) is 11.0 Å². The standard InChI is InChI=1S/C27H21N3O3S/c1-2-18-11-13-22(14-12-18)30-26(32)23(25(31)29-27(30)34)15-19-7-5-6-10-24(19)33-17-21-9-4-3-8-20(21)16-28/h3-15H,2,17H2,1H3,(H,29,31,34). The summed E-state index contributed by atoms with van der Waals surface area (Å²) in [6.45, 7) is 2.22. The summed E-state index contributed by atoms with van der Waals surface area (Å²) in [5.74, 6) is -0.598. The minimum absolute atomic E-state index is 0.0362. The number of nitrogens with zero attached hydrogens (tertiary/aromatic N) is 2. The number of nitrogens with one attached hydrogen (secondary N) is 1. The van der Waals surface area contributed by atoms with Crippen LogP contribution < -0.4 is 15.0 Å². The lowest BCUT2D eigenvalue weighted by Gasteiger charge is -2.29. The van der Waals surface area contributed by atoms with Crippen molar-refractivity contribution in [2.45, 2.75) is 20.0 Å². The van der Waals surface area contributed by atoms with Crippen LogP contribution in [0.1, 0.15) is 29.2 Å². The van der Waals surface area contributed by atoms with Gasteiger partial charge >= 0.3 is 0 Å². The molecule has 3 aromatic rings. The SMILES string of the molecule is CCc1ccc(N2C(=O)C(=Cc3ccccc3OCc3ccccc3C#N)C(=O)NC2=S)cc1. The lowest BCUT2D eigenvalue weighted by molar-refractivity contribution is -0.122. The largest absolute Gasteiger partial charge is 0.488 e. The Hall–Kier alpha value is -4.28. The van der Waals surface area contributed by atoms with Crippen LogP contribution in [0.2, 0.25) is 0 Å². The van der Waals surface area contributed by atoms with Crippen LogP contribution in [-0.2, 0) is 22.6 Å². The second-order valence-corrected chi connectivity index (χ2v) is 7.96. The number of ether oxygens (including phenoxy) is 1. The van der Waals surface area contributed by atoms with E-state index in [0.717, 1.165) is 17.5 Å². The molecule has 1 heterocycles.